The number of halogens is 3. The summed E-state index contributed by atoms with van der Waals surface area (Å²) in [5.41, 5.74) is -2.50. The molecule has 7 heteroatoms. The standard InChI is InChI=1S/C12H11F3O4/c13-12(14,15)8-4-6(16)3-7(10(8)19)11(1-2-11)5-9(17)18/h3-4,16,19H,1-2,5H2,(H,17,18). The molecule has 1 saturated carbocycles. The van der Waals surface area contributed by atoms with Crippen LogP contribution in [0, 0.1) is 0 Å². The number of phenols is 2. The van der Waals surface area contributed by atoms with Crippen molar-refractivity contribution < 1.29 is 33.3 Å². The quantitative estimate of drug-likeness (QED) is 0.741. The molecular weight excluding hydrogens is 265 g/mol. The van der Waals surface area contributed by atoms with E-state index in [0.717, 1.165) is 6.07 Å². The molecule has 104 valence electrons. The Morgan fingerprint density at radius 3 is 2.26 bits per heavy atom. The number of hydrogen-bond donors (Lipinski definition) is 3. The third-order valence-electron chi connectivity index (χ3n) is 3.31. The van der Waals surface area contributed by atoms with Crippen molar-refractivity contribution in [2.45, 2.75) is 30.9 Å². The Balaban J connectivity index is 2.53. The molecular formula is C12H11F3O4. The minimum absolute atomic E-state index is 0.151. The van der Waals surface area contributed by atoms with Gasteiger partial charge < -0.3 is 15.3 Å². The van der Waals surface area contributed by atoms with Gasteiger partial charge in [-0.15, -0.1) is 0 Å². The average molecular weight is 276 g/mol. The van der Waals surface area contributed by atoms with Gasteiger partial charge >= 0.3 is 12.1 Å². The summed E-state index contributed by atoms with van der Waals surface area (Å²) in [6, 6.07) is 1.43. The molecule has 1 aromatic carbocycles. The van der Waals surface area contributed by atoms with E-state index in [2.05, 4.69) is 0 Å². The Morgan fingerprint density at radius 2 is 1.84 bits per heavy atom. The number of carboxylic acids is 1. The van der Waals surface area contributed by atoms with Crippen LogP contribution in [0.4, 0.5) is 13.2 Å². The van der Waals surface area contributed by atoms with Crippen LogP contribution in [0.5, 0.6) is 11.5 Å². The van der Waals surface area contributed by atoms with Crippen LogP contribution in [0.25, 0.3) is 0 Å². The highest BCUT2D eigenvalue weighted by atomic mass is 19.4. The number of carboxylic acid groups (broad SMARTS) is 1. The summed E-state index contributed by atoms with van der Waals surface area (Å²) in [5.74, 6) is -2.80. The van der Waals surface area contributed by atoms with E-state index in [1.54, 1.807) is 0 Å². The maximum absolute atomic E-state index is 12.7. The fourth-order valence-corrected chi connectivity index (χ4v) is 2.22. The van der Waals surface area contributed by atoms with Crippen molar-refractivity contribution in [3.63, 3.8) is 0 Å². The van der Waals surface area contributed by atoms with E-state index in [0.29, 0.717) is 18.9 Å². The van der Waals surface area contributed by atoms with Crippen LogP contribution in [0.3, 0.4) is 0 Å². The summed E-state index contributed by atoms with van der Waals surface area (Å²) in [6.07, 6.45) is -4.45. The smallest absolute Gasteiger partial charge is 0.420 e. The lowest BCUT2D eigenvalue weighted by atomic mass is 9.89. The highest BCUT2D eigenvalue weighted by Crippen LogP contribution is 2.56. The second-order valence-corrected chi connectivity index (χ2v) is 4.74. The molecule has 19 heavy (non-hydrogen) atoms. The van der Waals surface area contributed by atoms with Crippen LogP contribution < -0.4 is 0 Å². The van der Waals surface area contributed by atoms with Crippen molar-refractivity contribution in [1.29, 1.82) is 0 Å². The van der Waals surface area contributed by atoms with Gasteiger partial charge in [-0.3, -0.25) is 4.79 Å². The lowest BCUT2D eigenvalue weighted by molar-refractivity contribution is -0.139. The molecule has 0 radical (unpaired) electrons. The minimum atomic E-state index is -4.81. The molecule has 0 aliphatic heterocycles. The van der Waals surface area contributed by atoms with Crippen molar-refractivity contribution in [3.8, 4) is 11.5 Å². The second kappa shape index (κ2) is 4.04. The molecule has 1 aliphatic carbocycles. The number of alkyl halides is 3. The molecule has 4 nitrogen and oxygen atoms in total. The fraction of sp³-hybridized carbons (Fsp3) is 0.417. The maximum Gasteiger partial charge on any atom is 0.420 e. The number of carbonyl (C=O) groups is 1. The summed E-state index contributed by atoms with van der Waals surface area (Å²) >= 11 is 0. The van der Waals surface area contributed by atoms with E-state index in [4.69, 9.17) is 5.11 Å². The van der Waals surface area contributed by atoms with Gasteiger partial charge in [0.25, 0.3) is 0 Å². The lowest BCUT2D eigenvalue weighted by Crippen LogP contribution is -2.15. The first-order valence-electron chi connectivity index (χ1n) is 5.51. The summed E-state index contributed by atoms with van der Waals surface area (Å²) in [5, 5.41) is 27.8. The zero-order valence-electron chi connectivity index (χ0n) is 9.66. The summed E-state index contributed by atoms with van der Waals surface area (Å²) in [6.45, 7) is 0. The van der Waals surface area contributed by atoms with Gasteiger partial charge in [0.2, 0.25) is 0 Å². The Kier molecular flexibility index (Phi) is 2.87. The van der Waals surface area contributed by atoms with Gasteiger partial charge in [0.1, 0.15) is 17.1 Å². The van der Waals surface area contributed by atoms with Crippen LogP contribution in [0.2, 0.25) is 0 Å². The van der Waals surface area contributed by atoms with Crippen LogP contribution in [-0.4, -0.2) is 21.3 Å². The molecule has 3 N–H and O–H groups in total. The van der Waals surface area contributed by atoms with Crippen LogP contribution in [-0.2, 0) is 16.4 Å². The van der Waals surface area contributed by atoms with E-state index in [1.165, 1.54) is 0 Å². The van der Waals surface area contributed by atoms with Crippen molar-refractivity contribution in [1.82, 2.24) is 0 Å². The van der Waals surface area contributed by atoms with Gasteiger partial charge in [0.15, 0.2) is 0 Å². The highest BCUT2D eigenvalue weighted by molar-refractivity contribution is 5.71. The van der Waals surface area contributed by atoms with Crippen LogP contribution in [0.1, 0.15) is 30.4 Å². The van der Waals surface area contributed by atoms with Crippen LogP contribution >= 0.6 is 0 Å². The van der Waals surface area contributed by atoms with Crippen molar-refractivity contribution in [3.05, 3.63) is 23.3 Å². The predicted octanol–water partition coefficient (Wildman–Crippen LogP) is 2.62. The third-order valence-corrected chi connectivity index (χ3v) is 3.31. The number of hydrogen-bond acceptors (Lipinski definition) is 3. The van der Waals surface area contributed by atoms with Crippen molar-refractivity contribution in [2.75, 3.05) is 0 Å². The molecule has 0 unspecified atom stereocenters. The first-order valence-corrected chi connectivity index (χ1v) is 5.51. The number of phenolic OH excluding ortho intramolecular Hbond substituents is 2. The Hall–Kier alpha value is -1.92. The molecule has 1 aromatic rings. The van der Waals surface area contributed by atoms with Gasteiger partial charge in [-0.2, -0.15) is 13.2 Å². The second-order valence-electron chi connectivity index (χ2n) is 4.74. The normalized spacial score (nSPS) is 17.2. The van der Waals surface area contributed by atoms with Gasteiger partial charge in [0, 0.05) is 11.0 Å². The molecule has 0 spiro atoms. The SMILES string of the molecule is O=C(O)CC1(c2cc(O)cc(C(F)(F)F)c2O)CC1. The average Bonchev–Trinajstić information content (AvgIpc) is 2.99. The maximum atomic E-state index is 12.7. The molecule has 0 bridgehead atoms. The molecule has 1 fully saturated rings. The number of rotatable bonds is 3. The fourth-order valence-electron chi connectivity index (χ4n) is 2.22. The van der Waals surface area contributed by atoms with E-state index in [9.17, 15) is 28.2 Å². The van der Waals surface area contributed by atoms with Gasteiger partial charge in [-0.25, -0.2) is 0 Å². The molecule has 0 saturated heterocycles. The topological polar surface area (TPSA) is 77.8 Å². The summed E-state index contributed by atoms with van der Waals surface area (Å²) < 4.78 is 38.1. The zero-order valence-corrected chi connectivity index (χ0v) is 9.66. The first kappa shape index (κ1) is 13.5. The van der Waals surface area contributed by atoms with Gasteiger partial charge in [0.05, 0.1) is 6.42 Å². The Morgan fingerprint density at radius 1 is 1.26 bits per heavy atom. The molecule has 0 heterocycles. The van der Waals surface area contributed by atoms with Gasteiger partial charge in [-0.05, 0) is 25.0 Å². The molecule has 0 aromatic heterocycles. The number of aromatic hydroxyl groups is 2. The predicted molar refractivity (Wildman–Crippen MR) is 57.9 cm³/mol. The molecule has 2 rings (SSSR count). The largest absolute Gasteiger partial charge is 0.508 e. The lowest BCUT2D eigenvalue weighted by Gasteiger charge is -2.19. The monoisotopic (exact) mass is 276 g/mol. The number of aliphatic carboxylic acids is 1. The van der Waals surface area contributed by atoms with E-state index < -0.39 is 34.6 Å². The minimum Gasteiger partial charge on any atom is -0.508 e. The summed E-state index contributed by atoms with van der Waals surface area (Å²) in [4.78, 5) is 10.7. The van der Waals surface area contributed by atoms with Gasteiger partial charge in [-0.1, -0.05) is 0 Å². The Bertz CT molecular complexity index is 533. The van der Waals surface area contributed by atoms with Crippen molar-refractivity contribution >= 4 is 5.97 Å². The molecule has 0 amide bonds. The van der Waals surface area contributed by atoms with Crippen molar-refractivity contribution in [2.24, 2.45) is 0 Å². The van der Waals surface area contributed by atoms with E-state index >= 15 is 0 Å². The first-order chi connectivity index (χ1) is 8.66. The Labute approximate surface area is 106 Å². The molecule has 0 atom stereocenters. The molecule has 1 aliphatic rings. The number of benzene rings is 1. The zero-order chi connectivity index (χ0) is 14.4. The third kappa shape index (κ3) is 2.45. The van der Waals surface area contributed by atoms with Crippen LogP contribution in [0.15, 0.2) is 12.1 Å². The summed E-state index contributed by atoms with van der Waals surface area (Å²) in [7, 11) is 0. The highest BCUT2D eigenvalue weighted by Gasteiger charge is 2.49. The van der Waals surface area contributed by atoms with E-state index in [-0.39, 0.29) is 12.0 Å². The van der Waals surface area contributed by atoms with E-state index in [1.807, 2.05) is 0 Å².